The minimum atomic E-state index is 0.714. The minimum Gasteiger partial charge on any atom is -0.297 e. The summed E-state index contributed by atoms with van der Waals surface area (Å²) in [5, 5.41) is 0. The van der Waals surface area contributed by atoms with Crippen LogP contribution >= 0.6 is 0 Å². The zero-order valence-electron chi connectivity index (χ0n) is 7.43. The van der Waals surface area contributed by atoms with Gasteiger partial charge in [0.25, 0.3) is 0 Å². The highest BCUT2D eigenvalue weighted by Gasteiger charge is 1.95. The molecule has 1 heteroatoms. The molecule has 0 saturated heterocycles. The second-order valence-corrected chi connectivity index (χ2v) is 2.63. The summed E-state index contributed by atoms with van der Waals surface area (Å²) >= 11 is 0. The molecule has 0 bridgehead atoms. The van der Waals surface area contributed by atoms with Gasteiger partial charge in [0.15, 0.2) is 0 Å². The second-order valence-electron chi connectivity index (χ2n) is 2.63. The van der Waals surface area contributed by atoms with Gasteiger partial charge < -0.3 is 0 Å². The fraction of sp³-hybridized carbons (Fsp3) is 0.889. The molecule has 0 fully saturated rings. The van der Waals surface area contributed by atoms with Gasteiger partial charge in [0.05, 0.1) is 0 Å². The molecule has 0 heterocycles. The molecule has 0 atom stereocenters. The molecule has 0 rings (SSSR count). The lowest BCUT2D eigenvalue weighted by molar-refractivity contribution is 0.652. The molecule has 0 saturated carbocycles. The van der Waals surface area contributed by atoms with E-state index >= 15 is 0 Å². The van der Waals surface area contributed by atoms with Crippen LogP contribution in [-0.2, 0) is 0 Å². The quantitative estimate of drug-likeness (QED) is 0.522. The van der Waals surface area contributed by atoms with Crippen molar-refractivity contribution in [3.8, 4) is 0 Å². The number of aliphatic imine (C=N–C) groups is 1. The van der Waals surface area contributed by atoms with E-state index in [-0.39, 0.29) is 0 Å². The van der Waals surface area contributed by atoms with Crippen LogP contribution in [-0.4, -0.2) is 12.8 Å². The van der Waals surface area contributed by atoms with Gasteiger partial charge in [-0.15, -0.1) is 0 Å². The van der Waals surface area contributed by atoms with Gasteiger partial charge >= 0.3 is 0 Å². The lowest BCUT2D eigenvalue weighted by atomic mass is 10.1. The topological polar surface area (TPSA) is 12.4 Å². The van der Waals surface area contributed by atoms with Crippen LogP contribution in [0.1, 0.15) is 40.0 Å². The van der Waals surface area contributed by atoms with Crippen molar-refractivity contribution in [2.75, 3.05) is 6.54 Å². The first-order valence-electron chi connectivity index (χ1n) is 4.35. The molecular formula is C9H19N. The van der Waals surface area contributed by atoms with Crippen molar-refractivity contribution in [3.63, 3.8) is 0 Å². The molecule has 0 aliphatic rings. The summed E-state index contributed by atoms with van der Waals surface area (Å²) in [6, 6.07) is 0. The van der Waals surface area contributed by atoms with Crippen LogP contribution in [0.15, 0.2) is 4.99 Å². The van der Waals surface area contributed by atoms with E-state index in [4.69, 9.17) is 0 Å². The Bertz CT molecular complexity index is 82.7. The minimum absolute atomic E-state index is 0.714. The second kappa shape index (κ2) is 6.79. The van der Waals surface area contributed by atoms with Crippen molar-refractivity contribution in [3.05, 3.63) is 0 Å². The summed E-state index contributed by atoms with van der Waals surface area (Å²) in [7, 11) is 0. The maximum atomic E-state index is 4.31. The first-order chi connectivity index (χ1) is 4.85. The normalized spacial score (nSPS) is 11.6. The molecule has 0 aromatic heterocycles. The van der Waals surface area contributed by atoms with Gasteiger partial charge in [-0.3, -0.25) is 4.99 Å². The molecular weight excluding hydrogens is 122 g/mol. The molecule has 0 spiro atoms. The molecule has 0 unspecified atom stereocenters. The fourth-order valence-electron chi connectivity index (χ4n) is 0.852. The molecule has 60 valence electrons. The average Bonchev–Trinajstić information content (AvgIpc) is 1.99. The highest BCUT2D eigenvalue weighted by molar-refractivity contribution is 5.60. The summed E-state index contributed by atoms with van der Waals surface area (Å²) in [5.74, 6) is 0.714. The Morgan fingerprint density at radius 2 is 1.80 bits per heavy atom. The van der Waals surface area contributed by atoms with Gasteiger partial charge in [-0.1, -0.05) is 20.8 Å². The first-order valence-corrected chi connectivity index (χ1v) is 4.35. The highest BCUT2D eigenvalue weighted by atomic mass is 14.7. The Balaban J connectivity index is 3.40. The van der Waals surface area contributed by atoms with E-state index in [0.717, 1.165) is 13.0 Å². The maximum absolute atomic E-state index is 4.31. The van der Waals surface area contributed by atoms with E-state index in [1.165, 1.54) is 12.8 Å². The van der Waals surface area contributed by atoms with Crippen LogP contribution in [0.3, 0.4) is 0 Å². The standard InChI is InChI=1S/C9H19N/c1-4-7-10-8-9(5-2)6-3/h8-9H,4-7H2,1-3H3. The fourth-order valence-corrected chi connectivity index (χ4v) is 0.852. The largest absolute Gasteiger partial charge is 0.297 e. The van der Waals surface area contributed by atoms with E-state index in [1.807, 2.05) is 0 Å². The highest BCUT2D eigenvalue weighted by Crippen LogP contribution is 2.03. The van der Waals surface area contributed by atoms with Crippen molar-refractivity contribution in [2.24, 2.45) is 10.9 Å². The molecule has 0 aromatic carbocycles. The predicted octanol–water partition coefficient (Wildman–Crippen LogP) is 2.90. The molecule has 0 radical (unpaired) electrons. The molecule has 0 aliphatic heterocycles. The molecule has 0 N–H and O–H groups in total. The third-order valence-corrected chi connectivity index (χ3v) is 1.72. The van der Waals surface area contributed by atoms with Crippen LogP contribution in [0, 0.1) is 5.92 Å². The monoisotopic (exact) mass is 141 g/mol. The van der Waals surface area contributed by atoms with E-state index in [9.17, 15) is 0 Å². The van der Waals surface area contributed by atoms with E-state index < -0.39 is 0 Å². The van der Waals surface area contributed by atoms with Crippen molar-refractivity contribution in [1.82, 2.24) is 0 Å². The first kappa shape index (κ1) is 9.67. The van der Waals surface area contributed by atoms with Crippen LogP contribution in [0.4, 0.5) is 0 Å². The Kier molecular flexibility index (Phi) is 6.56. The van der Waals surface area contributed by atoms with E-state index in [0.29, 0.717) is 5.92 Å². The smallest absolute Gasteiger partial charge is 0.0382 e. The van der Waals surface area contributed by atoms with Crippen LogP contribution < -0.4 is 0 Å². The third-order valence-electron chi connectivity index (χ3n) is 1.72. The van der Waals surface area contributed by atoms with Crippen LogP contribution in [0.25, 0.3) is 0 Å². The van der Waals surface area contributed by atoms with E-state index in [2.05, 4.69) is 32.0 Å². The van der Waals surface area contributed by atoms with E-state index in [1.54, 1.807) is 0 Å². The molecule has 0 amide bonds. The van der Waals surface area contributed by atoms with Gasteiger partial charge in [0.1, 0.15) is 0 Å². The third kappa shape index (κ3) is 4.54. The Labute approximate surface area is 64.6 Å². The Hall–Kier alpha value is -0.330. The Morgan fingerprint density at radius 3 is 2.20 bits per heavy atom. The van der Waals surface area contributed by atoms with Gasteiger partial charge in [0, 0.05) is 12.8 Å². The summed E-state index contributed by atoms with van der Waals surface area (Å²) in [6.07, 6.45) is 5.73. The van der Waals surface area contributed by atoms with Crippen molar-refractivity contribution in [2.45, 2.75) is 40.0 Å². The summed E-state index contributed by atoms with van der Waals surface area (Å²) in [5.41, 5.74) is 0. The van der Waals surface area contributed by atoms with Crippen molar-refractivity contribution in [1.29, 1.82) is 0 Å². The number of nitrogens with zero attached hydrogens (tertiary/aromatic N) is 1. The Morgan fingerprint density at radius 1 is 1.20 bits per heavy atom. The van der Waals surface area contributed by atoms with Crippen molar-refractivity contribution < 1.29 is 0 Å². The number of hydrogen-bond donors (Lipinski definition) is 0. The van der Waals surface area contributed by atoms with Gasteiger partial charge in [-0.2, -0.15) is 0 Å². The van der Waals surface area contributed by atoms with Gasteiger partial charge in [-0.25, -0.2) is 0 Å². The molecule has 1 nitrogen and oxygen atoms in total. The summed E-state index contributed by atoms with van der Waals surface area (Å²) in [4.78, 5) is 4.31. The predicted molar refractivity (Wildman–Crippen MR) is 47.7 cm³/mol. The molecule has 0 aromatic rings. The maximum Gasteiger partial charge on any atom is 0.0382 e. The average molecular weight is 141 g/mol. The molecule has 10 heavy (non-hydrogen) atoms. The van der Waals surface area contributed by atoms with Crippen LogP contribution in [0.5, 0.6) is 0 Å². The SMILES string of the molecule is CCCN=CC(CC)CC. The van der Waals surface area contributed by atoms with Crippen LogP contribution in [0.2, 0.25) is 0 Å². The zero-order valence-corrected chi connectivity index (χ0v) is 7.43. The lowest BCUT2D eigenvalue weighted by Crippen LogP contribution is -1.97. The zero-order chi connectivity index (χ0) is 7.82. The summed E-state index contributed by atoms with van der Waals surface area (Å²) < 4.78 is 0. The van der Waals surface area contributed by atoms with Crippen molar-refractivity contribution >= 4 is 6.21 Å². The van der Waals surface area contributed by atoms with Gasteiger partial charge in [-0.05, 0) is 25.2 Å². The van der Waals surface area contributed by atoms with Gasteiger partial charge in [0.2, 0.25) is 0 Å². The number of hydrogen-bond acceptors (Lipinski definition) is 1. The lowest BCUT2D eigenvalue weighted by Gasteiger charge is -2.02. The number of rotatable bonds is 5. The summed E-state index contributed by atoms with van der Waals surface area (Å²) in [6.45, 7) is 7.58. The molecule has 0 aliphatic carbocycles.